The van der Waals surface area contributed by atoms with E-state index in [0.29, 0.717) is 12.5 Å². The molecule has 1 aliphatic heterocycles. The number of rotatable bonds is 5. The minimum atomic E-state index is -4.16. The van der Waals surface area contributed by atoms with Crippen molar-refractivity contribution < 1.29 is 18.0 Å². The van der Waals surface area contributed by atoms with Crippen LogP contribution in [0.5, 0.6) is 0 Å². The molecule has 0 spiro atoms. The monoisotopic (exact) mass is 280 g/mol. The van der Waals surface area contributed by atoms with Gasteiger partial charge in [-0.2, -0.15) is 13.2 Å². The van der Waals surface area contributed by atoms with Crippen LogP contribution in [-0.2, 0) is 4.79 Å². The molecule has 0 radical (unpaired) electrons. The Hall–Kier alpha value is -0.780. The smallest absolute Gasteiger partial charge is 0.354 e. The maximum absolute atomic E-state index is 12.5. The van der Waals surface area contributed by atoms with E-state index in [1.807, 2.05) is 0 Å². The lowest BCUT2D eigenvalue weighted by Gasteiger charge is -2.30. The Morgan fingerprint density at radius 1 is 1.32 bits per heavy atom. The van der Waals surface area contributed by atoms with Gasteiger partial charge < -0.3 is 10.6 Å². The van der Waals surface area contributed by atoms with Gasteiger partial charge in [0, 0.05) is 13.1 Å². The number of hydrogen-bond acceptors (Lipinski definition) is 2. The Kier molecular flexibility index (Phi) is 6.10. The molecule has 6 heteroatoms. The topological polar surface area (TPSA) is 41.1 Å². The third-order valence-corrected chi connectivity index (χ3v) is 3.91. The fraction of sp³-hybridized carbons (Fsp3) is 0.923. The molecule has 1 fully saturated rings. The van der Waals surface area contributed by atoms with Gasteiger partial charge in [0.1, 0.15) is 0 Å². The molecule has 1 heterocycles. The number of piperidine rings is 1. The Morgan fingerprint density at radius 3 is 2.37 bits per heavy atom. The maximum Gasteiger partial charge on any atom is 0.393 e. The zero-order chi connectivity index (χ0) is 14.5. The Labute approximate surface area is 112 Å². The minimum Gasteiger partial charge on any atom is -0.354 e. The van der Waals surface area contributed by atoms with E-state index in [0.717, 1.165) is 12.8 Å². The Morgan fingerprint density at radius 2 is 1.95 bits per heavy atom. The summed E-state index contributed by atoms with van der Waals surface area (Å²) in [5, 5.41) is 5.53. The first-order chi connectivity index (χ1) is 8.88. The lowest BCUT2D eigenvalue weighted by molar-refractivity contribution is -0.180. The predicted octanol–water partition coefficient (Wildman–Crippen LogP) is 2.47. The molecule has 0 saturated carbocycles. The molecule has 0 aromatic carbocycles. The van der Waals surface area contributed by atoms with Crippen LogP contribution in [0.2, 0.25) is 0 Å². The van der Waals surface area contributed by atoms with Crippen molar-refractivity contribution in [3.05, 3.63) is 0 Å². The molecule has 1 amide bonds. The standard InChI is InChI=1S/C13H23F3N2O/c1-3-9(4-2)7-18-12(19)11-6-5-10(8-17-11)13(14,15)16/h9-11,17H,3-8H2,1-2H3,(H,18,19). The third kappa shape index (κ3) is 5.01. The van der Waals surface area contributed by atoms with E-state index in [2.05, 4.69) is 24.5 Å². The highest BCUT2D eigenvalue weighted by Gasteiger charge is 2.42. The molecule has 2 unspecified atom stereocenters. The first kappa shape index (κ1) is 16.3. The van der Waals surface area contributed by atoms with Gasteiger partial charge in [-0.25, -0.2) is 0 Å². The van der Waals surface area contributed by atoms with Crippen LogP contribution in [-0.4, -0.2) is 31.2 Å². The van der Waals surface area contributed by atoms with Gasteiger partial charge in [0.25, 0.3) is 0 Å². The Bertz CT molecular complexity index is 282. The van der Waals surface area contributed by atoms with Crippen LogP contribution in [0.25, 0.3) is 0 Å². The second kappa shape index (κ2) is 7.12. The molecule has 0 aliphatic carbocycles. The summed E-state index contributed by atoms with van der Waals surface area (Å²) in [5.41, 5.74) is 0. The molecule has 1 rings (SSSR count). The van der Waals surface area contributed by atoms with Crippen LogP contribution in [0.15, 0.2) is 0 Å². The van der Waals surface area contributed by atoms with E-state index in [9.17, 15) is 18.0 Å². The van der Waals surface area contributed by atoms with Crippen LogP contribution in [0.3, 0.4) is 0 Å². The van der Waals surface area contributed by atoms with E-state index in [-0.39, 0.29) is 25.3 Å². The van der Waals surface area contributed by atoms with Crippen molar-refractivity contribution >= 4 is 5.91 Å². The first-order valence-corrected chi connectivity index (χ1v) is 6.96. The van der Waals surface area contributed by atoms with Gasteiger partial charge in [0.15, 0.2) is 0 Å². The zero-order valence-electron chi connectivity index (χ0n) is 11.5. The van der Waals surface area contributed by atoms with Crippen LogP contribution >= 0.6 is 0 Å². The summed E-state index contributed by atoms with van der Waals surface area (Å²) in [6.45, 7) is 4.57. The molecule has 1 aliphatic rings. The van der Waals surface area contributed by atoms with Gasteiger partial charge in [0.2, 0.25) is 5.91 Å². The second-order valence-electron chi connectivity index (χ2n) is 5.20. The molecule has 3 nitrogen and oxygen atoms in total. The molecular formula is C13H23F3N2O. The summed E-state index contributed by atoms with van der Waals surface area (Å²) >= 11 is 0. The predicted molar refractivity (Wildman–Crippen MR) is 67.7 cm³/mol. The van der Waals surface area contributed by atoms with Gasteiger partial charge in [-0.3, -0.25) is 4.79 Å². The molecule has 0 bridgehead atoms. The highest BCUT2D eigenvalue weighted by Crippen LogP contribution is 2.31. The van der Waals surface area contributed by atoms with Gasteiger partial charge in [0.05, 0.1) is 12.0 Å². The lowest BCUT2D eigenvalue weighted by Crippen LogP contribution is -2.51. The summed E-state index contributed by atoms with van der Waals surface area (Å²) in [5.74, 6) is -1.06. The third-order valence-electron chi connectivity index (χ3n) is 3.91. The number of amides is 1. The van der Waals surface area contributed by atoms with E-state index in [1.54, 1.807) is 0 Å². The number of halogens is 3. The first-order valence-electron chi connectivity index (χ1n) is 6.96. The highest BCUT2D eigenvalue weighted by atomic mass is 19.4. The van der Waals surface area contributed by atoms with Crippen LogP contribution in [0.1, 0.15) is 39.5 Å². The van der Waals surface area contributed by atoms with Crippen LogP contribution < -0.4 is 10.6 Å². The molecule has 2 N–H and O–H groups in total. The van der Waals surface area contributed by atoms with E-state index in [4.69, 9.17) is 0 Å². The molecule has 112 valence electrons. The van der Waals surface area contributed by atoms with Crippen molar-refractivity contribution in [2.75, 3.05) is 13.1 Å². The van der Waals surface area contributed by atoms with Crippen molar-refractivity contribution in [3.8, 4) is 0 Å². The summed E-state index contributed by atoms with van der Waals surface area (Å²) < 4.78 is 37.4. The van der Waals surface area contributed by atoms with Crippen LogP contribution in [0, 0.1) is 11.8 Å². The Balaban J connectivity index is 2.33. The van der Waals surface area contributed by atoms with Crippen molar-refractivity contribution in [2.24, 2.45) is 11.8 Å². The molecule has 0 aromatic heterocycles. The van der Waals surface area contributed by atoms with E-state index in [1.165, 1.54) is 0 Å². The number of carbonyl (C=O) groups is 1. The second-order valence-corrected chi connectivity index (χ2v) is 5.20. The van der Waals surface area contributed by atoms with E-state index >= 15 is 0 Å². The average Bonchev–Trinajstić information content (AvgIpc) is 2.39. The summed E-state index contributed by atoms with van der Waals surface area (Å²) in [4.78, 5) is 11.8. The highest BCUT2D eigenvalue weighted by molar-refractivity contribution is 5.81. The van der Waals surface area contributed by atoms with Gasteiger partial charge in [-0.05, 0) is 18.8 Å². The molecular weight excluding hydrogens is 257 g/mol. The quantitative estimate of drug-likeness (QED) is 0.812. The van der Waals surface area contributed by atoms with Crippen LogP contribution in [0.4, 0.5) is 13.2 Å². The number of alkyl halides is 3. The molecule has 0 aromatic rings. The molecule has 2 atom stereocenters. The SMILES string of the molecule is CCC(CC)CNC(=O)C1CCC(C(F)(F)F)CN1. The summed E-state index contributed by atoms with van der Waals surface area (Å²) in [6.07, 6.45) is -1.90. The van der Waals surface area contributed by atoms with Crippen molar-refractivity contribution in [1.29, 1.82) is 0 Å². The fourth-order valence-electron chi connectivity index (χ4n) is 2.31. The maximum atomic E-state index is 12.5. The average molecular weight is 280 g/mol. The zero-order valence-corrected chi connectivity index (χ0v) is 11.5. The van der Waals surface area contributed by atoms with Gasteiger partial charge >= 0.3 is 6.18 Å². The van der Waals surface area contributed by atoms with Crippen molar-refractivity contribution in [2.45, 2.75) is 51.7 Å². The summed E-state index contributed by atoms with van der Waals surface area (Å²) in [7, 11) is 0. The molecule has 1 saturated heterocycles. The van der Waals surface area contributed by atoms with E-state index < -0.39 is 18.1 Å². The lowest BCUT2D eigenvalue weighted by atomic mass is 9.93. The largest absolute Gasteiger partial charge is 0.393 e. The van der Waals surface area contributed by atoms with Gasteiger partial charge in [-0.1, -0.05) is 26.7 Å². The van der Waals surface area contributed by atoms with Crippen molar-refractivity contribution in [3.63, 3.8) is 0 Å². The number of hydrogen-bond donors (Lipinski definition) is 2. The number of nitrogens with one attached hydrogen (secondary N) is 2. The normalized spacial score (nSPS) is 24.5. The fourth-order valence-corrected chi connectivity index (χ4v) is 2.31. The van der Waals surface area contributed by atoms with Gasteiger partial charge in [-0.15, -0.1) is 0 Å². The number of carbonyl (C=O) groups excluding carboxylic acids is 1. The summed E-state index contributed by atoms with van der Waals surface area (Å²) in [6, 6.07) is -0.479. The molecule has 19 heavy (non-hydrogen) atoms. The van der Waals surface area contributed by atoms with Crippen molar-refractivity contribution in [1.82, 2.24) is 10.6 Å². The minimum absolute atomic E-state index is 0.0274.